The number of hydrogen-bond donors (Lipinski definition) is 0. The van der Waals surface area contributed by atoms with Gasteiger partial charge in [0.15, 0.2) is 0 Å². The quantitative estimate of drug-likeness (QED) is 0.152. The van der Waals surface area contributed by atoms with Gasteiger partial charge in [-0.15, -0.1) is 0 Å². The zero-order valence-corrected chi connectivity index (χ0v) is 30.6. The smallest absolute Gasteiger partial charge is 0.255 e. The second kappa shape index (κ2) is 16.0. The van der Waals surface area contributed by atoms with Gasteiger partial charge >= 0.3 is 0 Å². The first-order valence-electron chi connectivity index (χ1n) is 18.1. The van der Waals surface area contributed by atoms with E-state index in [2.05, 4.69) is 15.0 Å². The summed E-state index contributed by atoms with van der Waals surface area (Å²) in [5, 5.41) is 0. The molecule has 1 saturated carbocycles. The lowest BCUT2D eigenvalue weighted by Crippen LogP contribution is -2.54. The van der Waals surface area contributed by atoms with E-state index in [0.29, 0.717) is 36.0 Å². The molecule has 1 fully saturated rings. The predicted octanol–water partition coefficient (Wildman–Crippen LogP) is 7.78. The van der Waals surface area contributed by atoms with Crippen LogP contribution < -0.4 is 0 Å². The third-order valence-corrected chi connectivity index (χ3v) is 10.5. The number of aromatic nitrogens is 3. The van der Waals surface area contributed by atoms with Crippen molar-refractivity contribution in [2.75, 3.05) is 21.1 Å². The van der Waals surface area contributed by atoms with E-state index in [-0.39, 0.29) is 35.8 Å². The number of rotatable bonds is 9. The van der Waals surface area contributed by atoms with E-state index >= 15 is 0 Å². The molecule has 1 aliphatic rings. The van der Waals surface area contributed by atoms with Gasteiger partial charge in [0.1, 0.15) is 0 Å². The zero-order chi connectivity index (χ0) is 37.6. The molecule has 54 heavy (non-hydrogen) atoms. The molecule has 3 amide bonds. The Labute approximate surface area is 316 Å². The molecular formula is C45H42N6O3. The first-order chi connectivity index (χ1) is 26.3. The van der Waals surface area contributed by atoms with Crippen LogP contribution in [0.5, 0.6) is 0 Å². The summed E-state index contributed by atoms with van der Waals surface area (Å²) < 4.78 is 0. The van der Waals surface area contributed by atoms with Gasteiger partial charge < -0.3 is 14.7 Å². The molecule has 3 heterocycles. The third-order valence-electron chi connectivity index (χ3n) is 10.5. The number of benzene rings is 3. The largest absolute Gasteiger partial charge is 0.339 e. The topological polar surface area (TPSA) is 99.6 Å². The van der Waals surface area contributed by atoms with Crippen LogP contribution in [0.3, 0.4) is 0 Å². The Morgan fingerprint density at radius 1 is 0.407 bits per heavy atom. The van der Waals surface area contributed by atoms with E-state index in [1.807, 2.05) is 109 Å². The van der Waals surface area contributed by atoms with Gasteiger partial charge in [0, 0.05) is 74.5 Å². The predicted molar refractivity (Wildman–Crippen MR) is 211 cm³/mol. The van der Waals surface area contributed by atoms with Gasteiger partial charge in [0.25, 0.3) is 17.7 Å². The van der Waals surface area contributed by atoms with Crippen LogP contribution in [0.1, 0.15) is 50.3 Å². The van der Waals surface area contributed by atoms with E-state index < -0.39 is 0 Å². The van der Waals surface area contributed by atoms with Crippen molar-refractivity contribution in [2.45, 2.75) is 37.4 Å². The molecule has 0 spiro atoms. The van der Waals surface area contributed by atoms with Crippen LogP contribution in [-0.2, 0) is 0 Å². The van der Waals surface area contributed by atoms with Crippen LogP contribution in [0.15, 0.2) is 146 Å². The Morgan fingerprint density at radius 2 is 0.667 bits per heavy atom. The molecule has 0 bridgehead atoms. The number of carbonyl (C=O) groups excluding carboxylic acids is 3. The van der Waals surface area contributed by atoms with Gasteiger partial charge in [0.2, 0.25) is 0 Å². The molecule has 0 atom stereocenters. The summed E-state index contributed by atoms with van der Waals surface area (Å²) in [6.07, 6.45) is 6.47. The molecule has 1 aliphatic carbocycles. The van der Waals surface area contributed by atoms with Crippen LogP contribution in [-0.4, -0.2) is 86.6 Å². The maximum Gasteiger partial charge on any atom is 0.255 e. The Balaban J connectivity index is 1.12. The van der Waals surface area contributed by atoms with Crippen LogP contribution in [0.25, 0.3) is 33.8 Å². The minimum absolute atomic E-state index is 0.170. The molecule has 0 aliphatic heterocycles. The van der Waals surface area contributed by atoms with Crippen molar-refractivity contribution in [1.82, 2.24) is 29.7 Å². The summed E-state index contributed by atoms with van der Waals surface area (Å²) in [5.41, 5.74) is 6.67. The first kappa shape index (κ1) is 35.9. The van der Waals surface area contributed by atoms with Gasteiger partial charge in [-0.1, -0.05) is 91.0 Å². The third kappa shape index (κ3) is 7.80. The molecule has 3 aromatic carbocycles. The minimum Gasteiger partial charge on any atom is -0.339 e. The van der Waals surface area contributed by atoms with Crippen LogP contribution in [0.2, 0.25) is 0 Å². The molecule has 9 heteroatoms. The number of pyridine rings is 3. The molecular weight excluding hydrogens is 673 g/mol. The summed E-state index contributed by atoms with van der Waals surface area (Å²) >= 11 is 0. The summed E-state index contributed by atoms with van der Waals surface area (Å²) in [7, 11) is 5.37. The summed E-state index contributed by atoms with van der Waals surface area (Å²) in [4.78, 5) is 60.8. The Kier molecular flexibility index (Phi) is 10.7. The Morgan fingerprint density at radius 3 is 0.889 bits per heavy atom. The highest BCUT2D eigenvalue weighted by atomic mass is 16.2. The average Bonchev–Trinajstić information content (AvgIpc) is 3.25. The molecule has 0 saturated heterocycles. The standard InChI is InChI=1S/C45H42N6O3/c1-49(43(52)34-19-22-40(46-28-34)31-13-7-4-8-14-31)37-25-38(50(2)44(53)35-20-23-41(47-29-35)32-15-9-5-10-16-32)27-39(26-37)51(3)45(54)36-21-24-42(48-30-36)33-17-11-6-12-18-33/h4-24,28-30,37-39H,25-27H2,1-3H3. The summed E-state index contributed by atoms with van der Waals surface area (Å²) in [6.45, 7) is 0. The number of nitrogens with zero attached hydrogens (tertiary/aromatic N) is 6. The minimum atomic E-state index is -0.266. The van der Waals surface area contributed by atoms with Gasteiger partial charge in [-0.25, -0.2) is 0 Å². The number of hydrogen-bond acceptors (Lipinski definition) is 6. The average molecular weight is 715 g/mol. The van der Waals surface area contributed by atoms with E-state index in [0.717, 1.165) is 33.8 Å². The number of amides is 3. The van der Waals surface area contributed by atoms with Gasteiger partial charge in [-0.05, 0) is 55.7 Å². The van der Waals surface area contributed by atoms with Crippen LogP contribution in [0, 0.1) is 0 Å². The molecule has 9 nitrogen and oxygen atoms in total. The molecule has 7 rings (SSSR count). The monoisotopic (exact) mass is 714 g/mol. The van der Waals surface area contributed by atoms with Crippen molar-refractivity contribution < 1.29 is 14.4 Å². The van der Waals surface area contributed by atoms with Gasteiger partial charge in [0.05, 0.1) is 33.8 Å². The summed E-state index contributed by atoms with van der Waals surface area (Å²) in [6, 6.07) is 39.6. The van der Waals surface area contributed by atoms with E-state index in [9.17, 15) is 14.4 Å². The van der Waals surface area contributed by atoms with Crippen LogP contribution in [0.4, 0.5) is 0 Å². The van der Waals surface area contributed by atoms with Crippen LogP contribution >= 0.6 is 0 Å². The SMILES string of the molecule is CN(C(=O)c1ccc(-c2ccccc2)nc1)C1CC(N(C)C(=O)c2ccc(-c3ccccc3)nc2)CC(N(C)C(=O)c2ccc(-c3ccccc3)nc2)C1. The van der Waals surface area contributed by atoms with Gasteiger partial charge in [-0.2, -0.15) is 0 Å². The molecule has 3 aromatic heterocycles. The Hall–Kier alpha value is -6.48. The van der Waals surface area contributed by atoms with Crippen molar-refractivity contribution in [1.29, 1.82) is 0 Å². The molecule has 0 N–H and O–H groups in total. The normalized spacial score (nSPS) is 16.6. The lowest BCUT2D eigenvalue weighted by molar-refractivity contribution is 0.0365. The molecule has 270 valence electrons. The highest BCUT2D eigenvalue weighted by Crippen LogP contribution is 2.32. The lowest BCUT2D eigenvalue weighted by Gasteiger charge is -2.45. The van der Waals surface area contributed by atoms with Gasteiger partial charge in [-0.3, -0.25) is 29.3 Å². The van der Waals surface area contributed by atoms with Crippen molar-refractivity contribution in [2.24, 2.45) is 0 Å². The number of carbonyl (C=O) groups is 3. The fourth-order valence-electron chi connectivity index (χ4n) is 7.19. The second-order valence-electron chi connectivity index (χ2n) is 13.8. The fourth-order valence-corrected chi connectivity index (χ4v) is 7.19. The van der Waals surface area contributed by atoms with E-state index in [1.165, 1.54) is 0 Å². The lowest BCUT2D eigenvalue weighted by atomic mass is 9.84. The molecule has 0 unspecified atom stereocenters. The Bertz CT molecular complexity index is 1940. The van der Waals surface area contributed by atoms with Crippen molar-refractivity contribution in [3.8, 4) is 33.8 Å². The van der Waals surface area contributed by atoms with E-state index in [4.69, 9.17) is 0 Å². The van der Waals surface area contributed by atoms with E-state index in [1.54, 1.807) is 72.6 Å². The first-order valence-corrected chi connectivity index (χ1v) is 18.1. The van der Waals surface area contributed by atoms with Crippen molar-refractivity contribution >= 4 is 17.7 Å². The highest BCUT2D eigenvalue weighted by molar-refractivity contribution is 5.96. The molecule has 0 radical (unpaired) electrons. The highest BCUT2D eigenvalue weighted by Gasteiger charge is 2.39. The van der Waals surface area contributed by atoms with Crippen molar-refractivity contribution in [3.05, 3.63) is 163 Å². The zero-order valence-electron chi connectivity index (χ0n) is 30.6. The summed E-state index contributed by atoms with van der Waals surface area (Å²) in [5.74, 6) is -0.511. The fraction of sp³-hybridized carbons (Fsp3) is 0.200. The maximum atomic E-state index is 14.0. The maximum absolute atomic E-state index is 14.0. The second-order valence-corrected chi connectivity index (χ2v) is 13.8. The molecule has 6 aromatic rings. The van der Waals surface area contributed by atoms with Crippen molar-refractivity contribution in [3.63, 3.8) is 0 Å².